The Hall–Kier alpha value is -1.55. The minimum absolute atomic E-state index is 0.0355. The monoisotopic (exact) mass is 264 g/mol. The van der Waals surface area contributed by atoms with Crippen molar-refractivity contribution in [3.8, 4) is 5.75 Å². The van der Waals surface area contributed by atoms with E-state index >= 15 is 0 Å². The number of hydrogen-bond acceptors (Lipinski definition) is 3. The van der Waals surface area contributed by atoms with Crippen LogP contribution in [0, 0.1) is 0 Å². The Kier molecular flexibility index (Phi) is 4.95. The van der Waals surface area contributed by atoms with Crippen LogP contribution in [0.5, 0.6) is 5.75 Å². The van der Waals surface area contributed by atoms with Crippen LogP contribution in [0.2, 0.25) is 0 Å². The van der Waals surface area contributed by atoms with Crippen LogP contribution in [0.1, 0.15) is 44.4 Å². The Balaban J connectivity index is 3.12. The van der Waals surface area contributed by atoms with Crippen molar-refractivity contribution in [1.29, 1.82) is 0 Å². The molecule has 0 aliphatic heterocycles. The highest BCUT2D eigenvalue weighted by Crippen LogP contribution is 2.31. The lowest BCUT2D eigenvalue weighted by molar-refractivity contribution is -0.120. The standard InChI is InChI=1S/C15H24N2O2/c1-15(2,3)10-6-7-13(19-5)11(8-10)12(16)9-14(18)17-4/h6-8,12H,9,16H2,1-5H3,(H,17,18). The molecule has 4 nitrogen and oxygen atoms in total. The Bertz CT molecular complexity index is 450. The zero-order valence-corrected chi connectivity index (χ0v) is 12.4. The second kappa shape index (κ2) is 6.06. The number of ether oxygens (including phenoxy) is 1. The van der Waals surface area contributed by atoms with Gasteiger partial charge in [-0.15, -0.1) is 0 Å². The Morgan fingerprint density at radius 1 is 1.42 bits per heavy atom. The van der Waals surface area contributed by atoms with Crippen molar-refractivity contribution in [3.05, 3.63) is 29.3 Å². The first-order chi connectivity index (χ1) is 8.79. The van der Waals surface area contributed by atoms with Gasteiger partial charge in [0.15, 0.2) is 0 Å². The van der Waals surface area contributed by atoms with Crippen LogP contribution in [0.3, 0.4) is 0 Å². The molecule has 0 aliphatic rings. The summed E-state index contributed by atoms with van der Waals surface area (Å²) in [4.78, 5) is 11.4. The van der Waals surface area contributed by atoms with Gasteiger partial charge in [0, 0.05) is 25.1 Å². The molecule has 0 saturated carbocycles. The number of nitrogens with one attached hydrogen (secondary N) is 1. The van der Waals surface area contributed by atoms with E-state index in [0.717, 1.165) is 11.3 Å². The molecule has 0 bridgehead atoms. The topological polar surface area (TPSA) is 64.4 Å². The average molecular weight is 264 g/mol. The SMILES string of the molecule is CNC(=O)CC(N)c1cc(C(C)(C)C)ccc1OC. The van der Waals surface area contributed by atoms with Crippen molar-refractivity contribution >= 4 is 5.91 Å². The van der Waals surface area contributed by atoms with Gasteiger partial charge >= 0.3 is 0 Å². The van der Waals surface area contributed by atoms with Gasteiger partial charge in [-0.25, -0.2) is 0 Å². The van der Waals surface area contributed by atoms with Crippen molar-refractivity contribution in [2.75, 3.05) is 14.2 Å². The molecule has 0 radical (unpaired) electrons. The highest BCUT2D eigenvalue weighted by Gasteiger charge is 2.20. The number of hydrogen-bond donors (Lipinski definition) is 2. The van der Waals surface area contributed by atoms with E-state index in [-0.39, 0.29) is 23.8 Å². The van der Waals surface area contributed by atoms with E-state index in [1.54, 1.807) is 14.2 Å². The van der Waals surface area contributed by atoms with Gasteiger partial charge in [-0.1, -0.05) is 26.8 Å². The molecular formula is C15H24N2O2. The van der Waals surface area contributed by atoms with Crippen molar-refractivity contribution < 1.29 is 9.53 Å². The average Bonchev–Trinajstić information content (AvgIpc) is 2.36. The van der Waals surface area contributed by atoms with E-state index in [2.05, 4.69) is 26.1 Å². The van der Waals surface area contributed by atoms with Gasteiger partial charge in [0.2, 0.25) is 5.91 Å². The first kappa shape index (κ1) is 15.5. The highest BCUT2D eigenvalue weighted by atomic mass is 16.5. The van der Waals surface area contributed by atoms with Gasteiger partial charge in [0.1, 0.15) is 5.75 Å². The van der Waals surface area contributed by atoms with Crippen LogP contribution in [0.25, 0.3) is 0 Å². The lowest BCUT2D eigenvalue weighted by Gasteiger charge is -2.23. The Morgan fingerprint density at radius 3 is 2.53 bits per heavy atom. The highest BCUT2D eigenvalue weighted by molar-refractivity contribution is 5.76. The number of benzene rings is 1. The molecule has 0 spiro atoms. The molecule has 1 aromatic carbocycles. The molecule has 3 N–H and O–H groups in total. The number of carbonyl (C=O) groups excluding carboxylic acids is 1. The third-order valence-corrected chi connectivity index (χ3v) is 3.18. The quantitative estimate of drug-likeness (QED) is 0.875. The minimum atomic E-state index is -0.364. The lowest BCUT2D eigenvalue weighted by atomic mass is 9.85. The van der Waals surface area contributed by atoms with Gasteiger partial charge in [-0.05, 0) is 23.1 Å². The zero-order valence-electron chi connectivity index (χ0n) is 12.4. The number of rotatable bonds is 4. The van der Waals surface area contributed by atoms with Gasteiger partial charge in [-0.3, -0.25) is 4.79 Å². The summed E-state index contributed by atoms with van der Waals surface area (Å²) in [5, 5.41) is 2.59. The first-order valence-electron chi connectivity index (χ1n) is 6.44. The van der Waals surface area contributed by atoms with Crippen LogP contribution >= 0.6 is 0 Å². The number of amides is 1. The molecule has 0 fully saturated rings. The second-order valence-corrected chi connectivity index (χ2v) is 5.69. The third kappa shape index (κ3) is 3.96. The van der Waals surface area contributed by atoms with E-state index in [0.29, 0.717) is 0 Å². The van der Waals surface area contributed by atoms with Crippen molar-refractivity contribution in [2.24, 2.45) is 5.73 Å². The number of methoxy groups -OCH3 is 1. The predicted octanol–water partition coefficient (Wildman–Crippen LogP) is 2.13. The van der Waals surface area contributed by atoms with E-state index in [9.17, 15) is 4.79 Å². The first-order valence-corrected chi connectivity index (χ1v) is 6.44. The molecule has 106 valence electrons. The van der Waals surface area contributed by atoms with Crippen LogP contribution in [0.4, 0.5) is 0 Å². The minimum Gasteiger partial charge on any atom is -0.496 e. The summed E-state index contributed by atoms with van der Waals surface area (Å²) in [6, 6.07) is 5.62. The van der Waals surface area contributed by atoms with E-state index in [1.807, 2.05) is 18.2 Å². The molecular weight excluding hydrogens is 240 g/mol. The third-order valence-electron chi connectivity index (χ3n) is 3.18. The summed E-state index contributed by atoms with van der Waals surface area (Å²) in [6.07, 6.45) is 0.250. The van der Waals surface area contributed by atoms with E-state index < -0.39 is 0 Å². The van der Waals surface area contributed by atoms with Gasteiger partial charge in [0.25, 0.3) is 0 Å². The molecule has 1 unspecified atom stereocenters. The molecule has 0 aromatic heterocycles. The zero-order chi connectivity index (χ0) is 14.6. The maximum Gasteiger partial charge on any atom is 0.221 e. The molecule has 0 heterocycles. The van der Waals surface area contributed by atoms with Crippen molar-refractivity contribution in [3.63, 3.8) is 0 Å². The van der Waals surface area contributed by atoms with Crippen molar-refractivity contribution in [2.45, 2.75) is 38.6 Å². The fourth-order valence-electron chi connectivity index (χ4n) is 1.90. The van der Waals surface area contributed by atoms with Gasteiger partial charge < -0.3 is 15.8 Å². The molecule has 0 aliphatic carbocycles. The maximum absolute atomic E-state index is 11.4. The second-order valence-electron chi connectivity index (χ2n) is 5.69. The number of nitrogens with two attached hydrogens (primary N) is 1. The lowest BCUT2D eigenvalue weighted by Crippen LogP contribution is -2.25. The molecule has 19 heavy (non-hydrogen) atoms. The molecule has 4 heteroatoms. The van der Waals surface area contributed by atoms with Gasteiger partial charge in [0.05, 0.1) is 7.11 Å². The summed E-state index contributed by atoms with van der Waals surface area (Å²) >= 11 is 0. The number of carbonyl (C=O) groups is 1. The van der Waals surface area contributed by atoms with Crippen LogP contribution < -0.4 is 15.8 Å². The molecule has 1 amide bonds. The summed E-state index contributed by atoms with van der Waals surface area (Å²) in [5.41, 5.74) is 8.20. The van der Waals surface area contributed by atoms with Crippen LogP contribution in [0.15, 0.2) is 18.2 Å². The Morgan fingerprint density at radius 2 is 2.05 bits per heavy atom. The fourth-order valence-corrected chi connectivity index (χ4v) is 1.90. The normalized spacial score (nSPS) is 12.9. The van der Waals surface area contributed by atoms with Crippen LogP contribution in [-0.2, 0) is 10.2 Å². The van der Waals surface area contributed by atoms with E-state index in [1.165, 1.54) is 5.56 Å². The summed E-state index contributed by atoms with van der Waals surface area (Å²) in [6.45, 7) is 6.43. The summed E-state index contributed by atoms with van der Waals surface area (Å²) < 4.78 is 5.34. The van der Waals surface area contributed by atoms with Crippen LogP contribution in [-0.4, -0.2) is 20.1 Å². The van der Waals surface area contributed by atoms with Gasteiger partial charge in [-0.2, -0.15) is 0 Å². The summed E-state index contributed by atoms with van der Waals surface area (Å²) in [5.74, 6) is 0.653. The molecule has 0 saturated heterocycles. The predicted molar refractivity (Wildman–Crippen MR) is 77.3 cm³/mol. The largest absolute Gasteiger partial charge is 0.496 e. The molecule has 1 atom stereocenters. The molecule has 1 aromatic rings. The maximum atomic E-state index is 11.4. The summed E-state index contributed by atoms with van der Waals surface area (Å²) in [7, 11) is 3.22. The van der Waals surface area contributed by atoms with Crippen molar-refractivity contribution in [1.82, 2.24) is 5.32 Å². The van der Waals surface area contributed by atoms with E-state index in [4.69, 9.17) is 10.5 Å². The molecule has 1 rings (SSSR count). The smallest absolute Gasteiger partial charge is 0.221 e. The Labute approximate surface area is 115 Å². The fraction of sp³-hybridized carbons (Fsp3) is 0.533.